The van der Waals surface area contributed by atoms with Crippen LogP contribution >= 0.6 is 12.2 Å². The Labute approximate surface area is 122 Å². The Bertz CT molecular complexity index is 132. The molecule has 0 aromatic heterocycles. The Kier molecular flexibility index (Phi) is 7.23. The van der Waals surface area contributed by atoms with Crippen LogP contribution in [0.5, 0.6) is 0 Å². The summed E-state index contributed by atoms with van der Waals surface area (Å²) >= 11 is 9.79. The first-order valence-corrected chi connectivity index (χ1v) is 4.47. The molecule has 0 spiro atoms. The Morgan fingerprint density at radius 3 is 2.27 bits per heavy atom. The summed E-state index contributed by atoms with van der Waals surface area (Å²) in [5.41, 5.74) is 0. The monoisotopic (exact) mass is 213 g/mol. The fraction of sp³-hybridized carbons (Fsp3) is 0.857. The molecule has 1 aliphatic rings. The summed E-state index contributed by atoms with van der Waals surface area (Å²) in [7, 11) is 0. The molecule has 58 valence electrons. The van der Waals surface area contributed by atoms with Gasteiger partial charge in [-0.1, -0.05) is 11.2 Å². The number of rotatable bonds is 0. The van der Waals surface area contributed by atoms with E-state index in [4.69, 9.17) is 24.8 Å². The second-order valence-corrected chi connectivity index (χ2v) is 3.97. The minimum Gasteiger partial charge on any atom is -0.411 e. The van der Waals surface area contributed by atoms with Gasteiger partial charge in [0, 0.05) is 13.1 Å². The molecule has 1 nitrogen and oxygen atoms in total. The molecule has 0 aliphatic carbocycles. The molecule has 0 unspecified atom stereocenters. The molecule has 4 heteroatoms. The molecule has 0 aromatic carbocycles. The maximum atomic E-state index is 4.89. The SMILES string of the molecule is CC1CCN(C(=S)[S-])CC1.[K+]. The maximum absolute atomic E-state index is 4.89. The van der Waals surface area contributed by atoms with Crippen LogP contribution in [0, 0.1) is 5.92 Å². The first-order valence-electron chi connectivity index (χ1n) is 3.66. The topological polar surface area (TPSA) is 3.24 Å². The zero-order valence-corrected chi connectivity index (χ0v) is 11.9. The van der Waals surface area contributed by atoms with Gasteiger partial charge in [0.05, 0.1) is 0 Å². The van der Waals surface area contributed by atoms with Gasteiger partial charge in [-0.15, -0.1) is 0 Å². The Balaban J connectivity index is 0.000001000. The van der Waals surface area contributed by atoms with Gasteiger partial charge >= 0.3 is 51.4 Å². The van der Waals surface area contributed by atoms with Gasteiger partial charge in [-0.05, 0) is 18.8 Å². The van der Waals surface area contributed by atoms with Crippen LogP contribution < -0.4 is 51.4 Å². The largest absolute Gasteiger partial charge is 1.00 e. The third kappa shape index (κ3) is 4.50. The molecule has 1 saturated heterocycles. The van der Waals surface area contributed by atoms with Gasteiger partial charge in [-0.3, -0.25) is 0 Å². The summed E-state index contributed by atoms with van der Waals surface area (Å²) in [5, 5.41) is 0. The molecule has 0 bridgehead atoms. The summed E-state index contributed by atoms with van der Waals surface area (Å²) in [6.45, 7) is 4.43. The van der Waals surface area contributed by atoms with Crippen LogP contribution in [0.3, 0.4) is 0 Å². The molecule has 1 fully saturated rings. The van der Waals surface area contributed by atoms with Crippen LogP contribution in [-0.2, 0) is 12.6 Å². The van der Waals surface area contributed by atoms with Crippen molar-refractivity contribution in [1.82, 2.24) is 4.90 Å². The number of hydrogen-bond acceptors (Lipinski definition) is 2. The first-order chi connectivity index (χ1) is 4.70. The summed E-state index contributed by atoms with van der Waals surface area (Å²) in [4.78, 5) is 2.12. The van der Waals surface area contributed by atoms with E-state index in [2.05, 4.69) is 11.8 Å². The molecular formula is C7H12KNS2. The fourth-order valence-corrected chi connectivity index (χ4v) is 1.56. The van der Waals surface area contributed by atoms with Crippen molar-refractivity contribution >= 4 is 29.2 Å². The van der Waals surface area contributed by atoms with Gasteiger partial charge < -0.3 is 29.7 Å². The number of hydrogen-bond donors (Lipinski definition) is 0. The fourth-order valence-electron chi connectivity index (χ4n) is 1.19. The molecule has 0 N–H and O–H groups in total. The van der Waals surface area contributed by atoms with Gasteiger partial charge in [0.25, 0.3) is 0 Å². The molecule has 0 radical (unpaired) electrons. The van der Waals surface area contributed by atoms with Crippen LogP contribution in [-0.4, -0.2) is 22.3 Å². The van der Waals surface area contributed by atoms with Gasteiger partial charge in [0.2, 0.25) is 0 Å². The summed E-state index contributed by atoms with van der Waals surface area (Å²) < 4.78 is 0.645. The van der Waals surface area contributed by atoms with Crippen molar-refractivity contribution in [2.75, 3.05) is 13.1 Å². The Morgan fingerprint density at radius 1 is 1.45 bits per heavy atom. The van der Waals surface area contributed by atoms with E-state index in [1.807, 2.05) is 0 Å². The number of likely N-dealkylation sites (tertiary alicyclic amines) is 1. The van der Waals surface area contributed by atoms with E-state index in [1.54, 1.807) is 0 Å². The van der Waals surface area contributed by atoms with E-state index in [9.17, 15) is 0 Å². The molecule has 1 heterocycles. The Morgan fingerprint density at radius 2 is 1.91 bits per heavy atom. The minimum atomic E-state index is 0. The number of thiocarbonyl (C=S) groups is 1. The molecule has 1 rings (SSSR count). The molecular weight excluding hydrogens is 201 g/mol. The zero-order chi connectivity index (χ0) is 7.56. The standard InChI is InChI=1S/C7H13NS2.K/c1-6-2-4-8(5-3-6)7(9)10;/h6H,2-5H2,1H3,(H,9,10);/q;+1/p-1. The van der Waals surface area contributed by atoms with Crippen LogP contribution in [0.2, 0.25) is 0 Å². The second kappa shape index (κ2) is 6.24. The van der Waals surface area contributed by atoms with Crippen molar-refractivity contribution < 1.29 is 51.4 Å². The molecule has 0 atom stereocenters. The molecule has 0 saturated carbocycles. The van der Waals surface area contributed by atoms with Crippen molar-refractivity contribution in [3.05, 3.63) is 0 Å². The Hall–Kier alpha value is 1.75. The van der Waals surface area contributed by atoms with Gasteiger partial charge in [-0.25, -0.2) is 0 Å². The number of nitrogens with zero attached hydrogens (tertiary/aromatic N) is 1. The van der Waals surface area contributed by atoms with Crippen LogP contribution in [0.4, 0.5) is 0 Å². The average molecular weight is 213 g/mol. The van der Waals surface area contributed by atoms with E-state index >= 15 is 0 Å². The third-order valence-corrected chi connectivity index (χ3v) is 2.56. The smallest absolute Gasteiger partial charge is 0.411 e. The molecule has 1 aliphatic heterocycles. The van der Waals surface area contributed by atoms with Crippen molar-refractivity contribution in [1.29, 1.82) is 0 Å². The maximum Gasteiger partial charge on any atom is 1.00 e. The van der Waals surface area contributed by atoms with Crippen LogP contribution in [0.15, 0.2) is 0 Å². The quantitative estimate of drug-likeness (QED) is 0.275. The van der Waals surface area contributed by atoms with Gasteiger partial charge in [0.15, 0.2) is 0 Å². The summed E-state index contributed by atoms with van der Waals surface area (Å²) in [5.74, 6) is 0.862. The predicted octanol–water partition coefficient (Wildman–Crippen LogP) is -1.45. The van der Waals surface area contributed by atoms with E-state index in [0.717, 1.165) is 19.0 Å². The van der Waals surface area contributed by atoms with Crippen LogP contribution in [0.25, 0.3) is 0 Å². The summed E-state index contributed by atoms with van der Waals surface area (Å²) in [6, 6.07) is 0. The van der Waals surface area contributed by atoms with Crippen molar-refractivity contribution in [3.63, 3.8) is 0 Å². The van der Waals surface area contributed by atoms with Gasteiger partial charge in [-0.2, -0.15) is 0 Å². The van der Waals surface area contributed by atoms with E-state index in [-0.39, 0.29) is 51.4 Å². The molecule has 11 heavy (non-hydrogen) atoms. The van der Waals surface area contributed by atoms with E-state index in [0.29, 0.717) is 4.32 Å². The second-order valence-electron chi connectivity index (χ2n) is 2.94. The number of piperidine rings is 1. The van der Waals surface area contributed by atoms with Crippen molar-refractivity contribution in [2.45, 2.75) is 19.8 Å². The van der Waals surface area contributed by atoms with Crippen molar-refractivity contribution in [2.24, 2.45) is 5.92 Å². The average Bonchev–Trinajstić information content (AvgIpc) is 1.88. The minimum absolute atomic E-state index is 0. The zero-order valence-electron chi connectivity index (χ0n) is 7.17. The van der Waals surface area contributed by atoms with E-state index in [1.165, 1.54) is 12.8 Å². The van der Waals surface area contributed by atoms with Crippen molar-refractivity contribution in [3.8, 4) is 0 Å². The molecule has 0 amide bonds. The van der Waals surface area contributed by atoms with E-state index < -0.39 is 0 Å². The predicted molar refractivity (Wildman–Crippen MR) is 49.9 cm³/mol. The summed E-state index contributed by atoms with van der Waals surface area (Å²) in [6.07, 6.45) is 2.49. The normalized spacial score (nSPS) is 19.2. The first kappa shape index (κ1) is 12.7. The third-order valence-electron chi connectivity index (χ3n) is 2.04. The molecule has 0 aromatic rings. The van der Waals surface area contributed by atoms with Crippen LogP contribution in [0.1, 0.15) is 19.8 Å². The van der Waals surface area contributed by atoms with Gasteiger partial charge in [0.1, 0.15) is 0 Å².